The van der Waals surface area contributed by atoms with Gasteiger partial charge in [0.05, 0.1) is 12.5 Å². The maximum absolute atomic E-state index is 11.4. The zero-order chi connectivity index (χ0) is 14.5. The van der Waals surface area contributed by atoms with Gasteiger partial charge in [-0.1, -0.05) is 0 Å². The van der Waals surface area contributed by atoms with Crippen molar-refractivity contribution in [2.45, 2.75) is 6.42 Å². The molecule has 0 unspecified atom stereocenters. The Labute approximate surface area is 125 Å². The van der Waals surface area contributed by atoms with Crippen LogP contribution in [0.4, 0.5) is 5.82 Å². The number of amides is 1. The number of nitrogens with zero attached hydrogens (tertiary/aromatic N) is 4. The summed E-state index contributed by atoms with van der Waals surface area (Å²) in [7, 11) is 0. The molecule has 1 N–H and O–H groups in total. The number of aliphatic hydroxyl groups excluding tert-OH is 1. The highest BCUT2D eigenvalue weighted by atomic mass is 79.9. The van der Waals surface area contributed by atoms with Gasteiger partial charge >= 0.3 is 0 Å². The zero-order valence-electron chi connectivity index (χ0n) is 10.9. The molecule has 1 aliphatic rings. The maximum atomic E-state index is 11.4. The molecule has 0 bridgehead atoms. The van der Waals surface area contributed by atoms with Gasteiger partial charge in [0.25, 0.3) is 0 Å². The van der Waals surface area contributed by atoms with E-state index in [1.54, 1.807) is 11.1 Å². The van der Waals surface area contributed by atoms with Crippen molar-refractivity contribution in [1.82, 2.24) is 9.88 Å². The number of rotatable bonds is 3. The molecule has 1 amide bonds. The first kappa shape index (κ1) is 14.8. The van der Waals surface area contributed by atoms with E-state index < -0.39 is 6.61 Å². The minimum Gasteiger partial charge on any atom is -0.387 e. The summed E-state index contributed by atoms with van der Waals surface area (Å²) in [5.74, 6) is 0.552. The molecule has 7 heteroatoms. The summed E-state index contributed by atoms with van der Waals surface area (Å²) in [6.45, 7) is 1.97. The predicted octanol–water partition coefficient (Wildman–Crippen LogP) is 0.551. The van der Waals surface area contributed by atoms with E-state index in [1.165, 1.54) is 0 Å². The van der Waals surface area contributed by atoms with E-state index in [0.29, 0.717) is 32.6 Å². The fourth-order valence-corrected chi connectivity index (χ4v) is 2.62. The van der Waals surface area contributed by atoms with E-state index in [4.69, 9.17) is 10.4 Å². The van der Waals surface area contributed by atoms with Gasteiger partial charge < -0.3 is 14.9 Å². The van der Waals surface area contributed by atoms with Crippen LogP contribution in [0.25, 0.3) is 0 Å². The van der Waals surface area contributed by atoms with Crippen LogP contribution in [0.5, 0.6) is 0 Å². The van der Waals surface area contributed by atoms with Gasteiger partial charge in [0.2, 0.25) is 5.91 Å². The summed E-state index contributed by atoms with van der Waals surface area (Å²) in [6, 6.07) is 4.04. The Morgan fingerprint density at radius 2 is 2.15 bits per heavy atom. The number of piperazine rings is 1. The van der Waals surface area contributed by atoms with Gasteiger partial charge in [0.15, 0.2) is 0 Å². The Balaban J connectivity index is 2.11. The van der Waals surface area contributed by atoms with Crippen LogP contribution in [0, 0.1) is 11.3 Å². The minimum atomic E-state index is -0.448. The standard InChI is InChI=1S/C13H15BrN4O2/c14-11-7-10(1-2-15)13(16-8-11)18-5-3-17(4-6-18)12(20)9-19/h7-8,19H,1,3-6,9H2. The van der Waals surface area contributed by atoms with Crippen molar-refractivity contribution in [3.63, 3.8) is 0 Å². The number of carbonyl (C=O) groups is 1. The van der Waals surface area contributed by atoms with Gasteiger partial charge in [-0.3, -0.25) is 4.79 Å². The highest BCUT2D eigenvalue weighted by Gasteiger charge is 2.22. The second-order valence-corrected chi connectivity index (χ2v) is 5.41. The monoisotopic (exact) mass is 338 g/mol. The molecular weight excluding hydrogens is 324 g/mol. The Morgan fingerprint density at radius 1 is 1.45 bits per heavy atom. The largest absolute Gasteiger partial charge is 0.387 e. The number of hydrogen-bond acceptors (Lipinski definition) is 5. The second-order valence-electron chi connectivity index (χ2n) is 4.50. The van der Waals surface area contributed by atoms with Gasteiger partial charge in [0.1, 0.15) is 12.4 Å². The van der Waals surface area contributed by atoms with E-state index in [1.807, 2.05) is 6.07 Å². The smallest absolute Gasteiger partial charge is 0.248 e. The van der Waals surface area contributed by atoms with Gasteiger partial charge in [-0.05, 0) is 22.0 Å². The molecule has 0 radical (unpaired) electrons. The molecule has 6 nitrogen and oxygen atoms in total. The Bertz CT molecular complexity index is 536. The normalized spacial score (nSPS) is 15.1. The molecule has 1 saturated heterocycles. The number of hydrogen-bond donors (Lipinski definition) is 1. The first-order valence-electron chi connectivity index (χ1n) is 6.30. The van der Waals surface area contributed by atoms with Crippen LogP contribution in [0.3, 0.4) is 0 Å². The molecule has 2 rings (SSSR count). The van der Waals surface area contributed by atoms with Crippen molar-refractivity contribution >= 4 is 27.7 Å². The summed E-state index contributed by atoms with van der Waals surface area (Å²) in [4.78, 5) is 19.5. The number of carbonyl (C=O) groups excluding carboxylic acids is 1. The Morgan fingerprint density at radius 3 is 2.75 bits per heavy atom. The lowest BCUT2D eigenvalue weighted by Gasteiger charge is -2.35. The molecule has 1 aromatic rings. The third kappa shape index (κ3) is 3.26. The number of anilines is 1. The van der Waals surface area contributed by atoms with Crippen molar-refractivity contribution < 1.29 is 9.90 Å². The van der Waals surface area contributed by atoms with E-state index in [2.05, 4.69) is 31.9 Å². The molecule has 0 atom stereocenters. The van der Waals surface area contributed by atoms with Crippen LogP contribution in [0.15, 0.2) is 16.7 Å². The highest BCUT2D eigenvalue weighted by molar-refractivity contribution is 9.10. The van der Waals surface area contributed by atoms with Crippen LogP contribution < -0.4 is 4.90 Å². The molecule has 0 saturated carbocycles. The summed E-state index contributed by atoms with van der Waals surface area (Å²) < 4.78 is 0.848. The number of aromatic nitrogens is 1. The maximum Gasteiger partial charge on any atom is 0.248 e. The lowest BCUT2D eigenvalue weighted by Crippen LogP contribution is -2.50. The van der Waals surface area contributed by atoms with Crippen molar-refractivity contribution in [3.05, 3.63) is 22.3 Å². The molecule has 0 aromatic carbocycles. The molecule has 0 aliphatic carbocycles. The molecule has 20 heavy (non-hydrogen) atoms. The topological polar surface area (TPSA) is 80.5 Å². The van der Waals surface area contributed by atoms with E-state index >= 15 is 0 Å². The van der Waals surface area contributed by atoms with E-state index in [0.717, 1.165) is 15.9 Å². The number of halogens is 1. The van der Waals surface area contributed by atoms with E-state index in [9.17, 15) is 4.79 Å². The minimum absolute atomic E-state index is 0.245. The number of nitriles is 1. The van der Waals surface area contributed by atoms with Crippen LogP contribution in [-0.2, 0) is 11.2 Å². The van der Waals surface area contributed by atoms with Gasteiger partial charge in [-0.15, -0.1) is 0 Å². The average molecular weight is 339 g/mol. The van der Waals surface area contributed by atoms with Gasteiger partial charge in [-0.2, -0.15) is 5.26 Å². The number of aliphatic hydroxyl groups is 1. The second kappa shape index (κ2) is 6.68. The summed E-state index contributed by atoms with van der Waals surface area (Å²) in [5, 5.41) is 17.7. The SMILES string of the molecule is N#CCc1cc(Br)cnc1N1CCN(C(=O)CO)CC1. The average Bonchev–Trinajstić information content (AvgIpc) is 2.47. The van der Waals surface area contributed by atoms with Crippen LogP contribution >= 0.6 is 15.9 Å². The predicted molar refractivity (Wildman–Crippen MR) is 77.1 cm³/mol. The van der Waals surface area contributed by atoms with Crippen molar-refractivity contribution in [1.29, 1.82) is 5.26 Å². The Kier molecular flexibility index (Phi) is 4.93. The molecule has 0 spiro atoms. The molecular formula is C13H15BrN4O2. The third-order valence-corrected chi connectivity index (χ3v) is 3.68. The summed E-state index contributed by atoms with van der Waals surface area (Å²) in [6.07, 6.45) is 2.01. The summed E-state index contributed by atoms with van der Waals surface area (Å²) in [5.41, 5.74) is 0.879. The van der Waals surface area contributed by atoms with Gasteiger partial charge in [0, 0.05) is 42.4 Å². The van der Waals surface area contributed by atoms with Crippen LogP contribution in [-0.4, -0.2) is 53.7 Å². The lowest BCUT2D eigenvalue weighted by atomic mass is 10.1. The molecule has 1 aromatic heterocycles. The van der Waals surface area contributed by atoms with Crippen molar-refractivity contribution in [2.24, 2.45) is 0 Å². The molecule has 1 fully saturated rings. The molecule has 2 heterocycles. The van der Waals surface area contributed by atoms with Gasteiger partial charge in [-0.25, -0.2) is 4.98 Å². The summed E-state index contributed by atoms with van der Waals surface area (Å²) >= 11 is 3.36. The fraction of sp³-hybridized carbons (Fsp3) is 0.462. The molecule has 1 aliphatic heterocycles. The van der Waals surface area contributed by atoms with Crippen LogP contribution in [0.1, 0.15) is 5.56 Å². The fourth-order valence-electron chi connectivity index (χ4n) is 2.24. The zero-order valence-corrected chi connectivity index (χ0v) is 12.5. The quantitative estimate of drug-likeness (QED) is 0.870. The first-order valence-corrected chi connectivity index (χ1v) is 7.10. The first-order chi connectivity index (χ1) is 9.65. The lowest BCUT2D eigenvalue weighted by molar-refractivity contribution is -0.134. The highest BCUT2D eigenvalue weighted by Crippen LogP contribution is 2.23. The van der Waals surface area contributed by atoms with Crippen molar-refractivity contribution in [2.75, 3.05) is 37.7 Å². The molecule has 106 valence electrons. The van der Waals surface area contributed by atoms with Crippen molar-refractivity contribution in [3.8, 4) is 6.07 Å². The van der Waals surface area contributed by atoms with E-state index in [-0.39, 0.29) is 5.91 Å². The number of pyridine rings is 1. The Hall–Kier alpha value is -1.65. The van der Waals surface area contributed by atoms with Crippen LogP contribution in [0.2, 0.25) is 0 Å². The third-order valence-electron chi connectivity index (χ3n) is 3.25.